The Balaban J connectivity index is 4.52. The second-order valence-electron chi connectivity index (χ2n) is 4.46. The van der Waals surface area contributed by atoms with Gasteiger partial charge in [0.1, 0.15) is 5.60 Å². The molecule has 0 aromatic rings. The Morgan fingerprint density at radius 3 is 2.27 bits per heavy atom. The molecule has 0 bridgehead atoms. The van der Waals surface area contributed by atoms with Crippen LogP contribution in [0.2, 0.25) is 0 Å². The van der Waals surface area contributed by atoms with E-state index >= 15 is 0 Å². The Morgan fingerprint density at radius 2 is 1.87 bits per heavy atom. The van der Waals surface area contributed by atoms with Crippen molar-refractivity contribution in [2.45, 2.75) is 40.2 Å². The number of hydrogen-bond donors (Lipinski definition) is 1. The summed E-state index contributed by atoms with van der Waals surface area (Å²) in [6, 6.07) is 0. The van der Waals surface area contributed by atoms with Crippen LogP contribution in [0.25, 0.3) is 0 Å². The predicted molar refractivity (Wildman–Crippen MR) is 60.4 cm³/mol. The zero-order valence-electron chi connectivity index (χ0n) is 10.1. The number of ether oxygens (including phenoxy) is 1. The van der Waals surface area contributed by atoms with Gasteiger partial charge < -0.3 is 9.84 Å². The Bertz CT molecular complexity index is 280. The minimum Gasteiger partial charge on any atom is -0.457 e. The molecule has 0 atom stereocenters. The van der Waals surface area contributed by atoms with E-state index in [0.717, 1.165) is 5.57 Å². The predicted octanol–water partition coefficient (Wildman–Crippen LogP) is 2.21. The lowest BCUT2D eigenvalue weighted by Gasteiger charge is -2.19. The molecular weight excluding hydrogens is 192 g/mol. The third kappa shape index (κ3) is 6.91. The average Bonchev–Trinajstić information content (AvgIpc) is 2.00. The maximum absolute atomic E-state index is 11.5. The Kier molecular flexibility index (Phi) is 5.29. The summed E-state index contributed by atoms with van der Waals surface area (Å²) in [6.45, 7) is 8.98. The molecule has 0 aliphatic rings. The monoisotopic (exact) mass is 212 g/mol. The summed E-state index contributed by atoms with van der Waals surface area (Å²) in [4.78, 5) is 11.5. The van der Waals surface area contributed by atoms with Crippen molar-refractivity contribution < 1.29 is 14.6 Å². The number of carbonyl (C=O) groups is 1. The molecule has 15 heavy (non-hydrogen) atoms. The van der Waals surface area contributed by atoms with E-state index in [-0.39, 0.29) is 12.6 Å². The van der Waals surface area contributed by atoms with Crippen molar-refractivity contribution >= 4 is 5.97 Å². The van der Waals surface area contributed by atoms with Crippen LogP contribution in [0.5, 0.6) is 0 Å². The summed E-state index contributed by atoms with van der Waals surface area (Å²) in [6.07, 6.45) is 3.33. The molecule has 86 valence electrons. The summed E-state index contributed by atoms with van der Waals surface area (Å²) < 4.78 is 5.18. The zero-order chi connectivity index (χ0) is 12.1. The van der Waals surface area contributed by atoms with Crippen molar-refractivity contribution in [2.75, 3.05) is 6.61 Å². The van der Waals surface area contributed by atoms with Gasteiger partial charge in [-0.2, -0.15) is 0 Å². The standard InChI is InChI=1S/C12H20O3/c1-9(6-7-13)8-10(2)11(14)15-12(3,4)5/h6,8,13H,7H2,1-5H3/b9-6+,10-8+. The van der Waals surface area contributed by atoms with Crippen molar-refractivity contribution in [2.24, 2.45) is 0 Å². The lowest BCUT2D eigenvalue weighted by molar-refractivity contribution is -0.149. The molecule has 0 spiro atoms. The van der Waals surface area contributed by atoms with Crippen molar-refractivity contribution in [1.29, 1.82) is 0 Å². The van der Waals surface area contributed by atoms with Crippen LogP contribution >= 0.6 is 0 Å². The van der Waals surface area contributed by atoms with Gasteiger partial charge in [0, 0.05) is 5.57 Å². The number of esters is 1. The first-order valence-corrected chi connectivity index (χ1v) is 4.95. The number of aliphatic hydroxyl groups is 1. The van der Waals surface area contributed by atoms with Crippen molar-refractivity contribution in [1.82, 2.24) is 0 Å². The lowest BCUT2D eigenvalue weighted by Crippen LogP contribution is -2.24. The fourth-order valence-corrected chi connectivity index (χ4v) is 0.962. The Hall–Kier alpha value is -1.09. The van der Waals surface area contributed by atoms with Crippen LogP contribution in [0.1, 0.15) is 34.6 Å². The van der Waals surface area contributed by atoms with Crippen molar-refractivity contribution in [3.8, 4) is 0 Å². The normalized spacial score (nSPS) is 14.0. The second kappa shape index (κ2) is 5.71. The Labute approximate surface area is 91.4 Å². The van der Waals surface area contributed by atoms with E-state index in [4.69, 9.17) is 9.84 Å². The van der Waals surface area contributed by atoms with E-state index in [1.165, 1.54) is 0 Å². The van der Waals surface area contributed by atoms with Gasteiger partial charge in [0.15, 0.2) is 0 Å². The number of rotatable bonds is 3. The third-order valence-corrected chi connectivity index (χ3v) is 1.58. The Morgan fingerprint density at radius 1 is 1.33 bits per heavy atom. The van der Waals surface area contributed by atoms with Gasteiger partial charge in [0.2, 0.25) is 0 Å². The molecule has 3 heteroatoms. The summed E-state index contributed by atoms with van der Waals surface area (Å²) in [5.74, 6) is -0.326. The van der Waals surface area contributed by atoms with Crippen LogP contribution in [-0.4, -0.2) is 23.3 Å². The molecular formula is C12H20O3. The van der Waals surface area contributed by atoms with Gasteiger partial charge in [-0.1, -0.05) is 11.6 Å². The number of aliphatic hydroxyl groups excluding tert-OH is 1. The molecule has 0 aliphatic carbocycles. The quantitative estimate of drug-likeness (QED) is 0.443. The highest BCUT2D eigenvalue weighted by Crippen LogP contribution is 2.11. The van der Waals surface area contributed by atoms with E-state index in [1.54, 1.807) is 19.1 Å². The highest BCUT2D eigenvalue weighted by Gasteiger charge is 2.17. The fourth-order valence-electron chi connectivity index (χ4n) is 0.962. The number of allylic oxidation sites excluding steroid dienone is 2. The van der Waals surface area contributed by atoms with Crippen molar-refractivity contribution in [3.63, 3.8) is 0 Å². The topological polar surface area (TPSA) is 46.5 Å². The van der Waals surface area contributed by atoms with Crippen LogP contribution < -0.4 is 0 Å². The van der Waals surface area contributed by atoms with Crippen LogP contribution in [0.3, 0.4) is 0 Å². The first-order chi connectivity index (χ1) is 6.76. The van der Waals surface area contributed by atoms with Gasteiger partial charge in [-0.3, -0.25) is 0 Å². The van der Waals surface area contributed by atoms with Gasteiger partial charge in [-0.15, -0.1) is 0 Å². The van der Waals surface area contributed by atoms with E-state index in [1.807, 2.05) is 27.7 Å². The van der Waals surface area contributed by atoms with Crippen LogP contribution in [0.4, 0.5) is 0 Å². The molecule has 0 aliphatic heterocycles. The molecule has 3 nitrogen and oxygen atoms in total. The molecule has 0 fully saturated rings. The van der Waals surface area contributed by atoms with E-state index in [0.29, 0.717) is 5.57 Å². The molecule has 0 heterocycles. The maximum atomic E-state index is 11.5. The molecule has 0 aromatic carbocycles. The van der Waals surface area contributed by atoms with E-state index in [9.17, 15) is 4.79 Å². The number of carbonyl (C=O) groups excluding carboxylic acids is 1. The second-order valence-corrected chi connectivity index (χ2v) is 4.46. The van der Waals surface area contributed by atoms with Crippen LogP contribution in [0, 0.1) is 0 Å². The third-order valence-electron chi connectivity index (χ3n) is 1.58. The van der Waals surface area contributed by atoms with Crippen LogP contribution in [0.15, 0.2) is 23.3 Å². The minimum atomic E-state index is -0.471. The highest BCUT2D eigenvalue weighted by atomic mass is 16.6. The van der Waals surface area contributed by atoms with Gasteiger partial charge in [0.25, 0.3) is 0 Å². The van der Waals surface area contributed by atoms with Crippen molar-refractivity contribution in [3.05, 3.63) is 23.3 Å². The van der Waals surface area contributed by atoms with E-state index < -0.39 is 5.60 Å². The first-order valence-electron chi connectivity index (χ1n) is 4.95. The molecule has 0 rings (SSSR count). The molecule has 0 saturated carbocycles. The molecule has 0 unspecified atom stereocenters. The van der Waals surface area contributed by atoms with Gasteiger partial charge in [-0.25, -0.2) is 4.79 Å². The SMILES string of the molecule is CC(=C\CO)/C=C(\C)C(=O)OC(C)(C)C. The lowest BCUT2D eigenvalue weighted by atomic mass is 10.1. The number of hydrogen-bond acceptors (Lipinski definition) is 3. The molecule has 0 aromatic heterocycles. The maximum Gasteiger partial charge on any atom is 0.334 e. The van der Waals surface area contributed by atoms with Gasteiger partial charge in [0.05, 0.1) is 6.61 Å². The highest BCUT2D eigenvalue weighted by molar-refractivity contribution is 5.88. The molecule has 0 saturated heterocycles. The van der Waals surface area contributed by atoms with Crippen LogP contribution in [-0.2, 0) is 9.53 Å². The molecule has 0 radical (unpaired) electrons. The zero-order valence-corrected chi connectivity index (χ0v) is 10.1. The molecule has 1 N–H and O–H groups in total. The summed E-state index contributed by atoms with van der Waals surface area (Å²) in [5.41, 5.74) is 0.911. The summed E-state index contributed by atoms with van der Waals surface area (Å²) in [5, 5.41) is 8.65. The first kappa shape index (κ1) is 13.9. The minimum absolute atomic E-state index is 0.0239. The summed E-state index contributed by atoms with van der Waals surface area (Å²) in [7, 11) is 0. The smallest absolute Gasteiger partial charge is 0.334 e. The fraction of sp³-hybridized carbons (Fsp3) is 0.583. The molecule has 0 amide bonds. The van der Waals surface area contributed by atoms with Gasteiger partial charge >= 0.3 is 5.97 Å². The average molecular weight is 212 g/mol. The van der Waals surface area contributed by atoms with E-state index in [2.05, 4.69) is 0 Å². The van der Waals surface area contributed by atoms with Gasteiger partial charge in [-0.05, 0) is 40.7 Å². The largest absolute Gasteiger partial charge is 0.457 e. The summed E-state index contributed by atoms with van der Waals surface area (Å²) >= 11 is 0.